The van der Waals surface area contributed by atoms with Crippen molar-refractivity contribution < 1.29 is 9.53 Å². The van der Waals surface area contributed by atoms with Gasteiger partial charge in [0.25, 0.3) is 0 Å². The van der Waals surface area contributed by atoms with Crippen molar-refractivity contribution >= 4 is 5.97 Å². The highest BCUT2D eigenvalue weighted by molar-refractivity contribution is 5.73. The van der Waals surface area contributed by atoms with Crippen molar-refractivity contribution in [2.45, 2.75) is 65.3 Å². The quantitative estimate of drug-likeness (QED) is 0.492. The van der Waals surface area contributed by atoms with E-state index in [0.29, 0.717) is 12.6 Å². The molecule has 3 heteroatoms. The molecule has 1 fully saturated rings. The van der Waals surface area contributed by atoms with Crippen molar-refractivity contribution in [3.05, 3.63) is 0 Å². The van der Waals surface area contributed by atoms with Crippen LogP contribution in [-0.4, -0.2) is 36.6 Å². The SMILES string of the molecule is CCCCCCC(C)N1CCC(C(=O)OCC)C1. The fraction of sp³-hybridized carbons (Fsp3) is 0.933. The van der Waals surface area contributed by atoms with Gasteiger partial charge in [-0.1, -0.05) is 32.6 Å². The van der Waals surface area contributed by atoms with Crippen LogP contribution in [0, 0.1) is 5.92 Å². The molecule has 1 rings (SSSR count). The first-order valence-corrected chi connectivity index (χ1v) is 7.59. The highest BCUT2D eigenvalue weighted by Gasteiger charge is 2.31. The van der Waals surface area contributed by atoms with E-state index in [9.17, 15) is 4.79 Å². The topological polar surface area (TPSA) is 29.5 Å². The first-order chi connectivity index (χ1) is 8.69. The molecular weight excluding hydrogens is 226 g/mol. The van der Waals surface area contributed by atoms with Crippen LogP contribution in [0.5, 0.6) is 0 Å². The molecule has 0 amide bonds. The standard InChI is InChI=1S/C15H29NO2/c1-4-6-7-8-9-13(3)16-11-10-14(12-16)15(17)18-5-2/h13-14H,4-12H2,1-3H3. The molecule has 0 aliphatic carbocycles. The molecule has 0 aromatic rings. The molecule has 106 valence electrons. The molecule has 1 aliphatic rings. The van der Waals surface area contributed by atoms with Crippen molar-refractivity contribution in [2.24, 2.45) is 5.92 Å². The summed E-state index contributed by atoms with van der Waals surface area (Å²) >= 11 is 0. The molecule has 18 heavy (non-hydrogen) atoms. The van der Waals surface area contributed by atoms with Gasteiger partial charge in [0, 0.05) is 12.6 Å². The second-order valence-electron chi connectivity index (χ2n) is 5.43. The van der Waals surface area contributed by atoms with Gasteiger partial charge in [-0.05, 0) is 33.2 Å². The van der Waals surface area contributed by atoms with Gasteiger partial charge in [-0.15, -0.1) is 0 Å². The zero-order valence-electron chi connectivity index (χ0n) is 12.3. The largest absolute Gasteiger partial charge is 0.466 e. The normalized spacial score (nSPS) is 22.1. The highest BCUT2D eigenvalue weighted by Crippen LogP contribution is 2.22. The molecule has 0 aromatic carbocycles. The Bertz CT molecular complexity index is 243. The van der Waals surface area contributed by atoms with Gasteiger partial charge < -0.3 is 4.74 Å². The second-order valence-corrected chi connectivity index (χ2v) is 5.43. The van der Waals surface area contributed by atoms with E-state index in [0.717, 1.165) is 19.5 Å². The van der Waals surface area contributed by atoms with Crippen molar-refractivity contribution in [1.82, 2.24) is 4.90 Å². The van der Waals surface area contributed by atoms with Crippen LogP contribution in [0.4, 0.5) is 0 Å². The van der Waals surface area contributed by atoms with Gasteiger partial charge in [-0.3, -0.25) is 9.69 Å². The van der Waals surface area contributed by atoms with E-state index in [1.54, 1.807) is 0 Å². The van der Waals surface area contributed by atoms with E-state index in [1.807, 2.05) is 6.92 Å². The van der Waals surface area contributed by atoms with Crippen LogP contribution in [-0.2, 0) is 9.53 Å². The number of ether oxygens (including phenoxy) is 1. The molecule has 3 nitrogen and oxygen atoms in total. The van der Waals surface area contributed by atoms with Crippen molar-refractivity contribution in [3.8, 4) is 0 Å². The van der Waals surface area contributed by atoms with Gasteiger partial charge in [0.05, 0.1) is 12.5 Å². The zero-order valence-corrected chi connectivity index (χ0v) is 12.3. The molecule has 0 aromatic heterocycles. The Morgan fingerprint density at radius 2 is 2.11 bits per heavy atom. The van der Waals surface area contributed by atoms with E-state index in [-0.39, 0.29) is 11.9 Å². The monoisotopic (exact) mass is 255 g/mol. The van der Waals surface area contributed by atoms with E-state index in [1.165, 1.54) is 32.1 Å². The number of rotatable bonds is 8. The third-order valence-corrected chi connectivity index (χ3v) is 3.94. The lowest BCUT2D eigenvalue weighted by Gasteiger charge is -2.24. The van der Waals surface area contributed by atoms with Gasteiger partial charge in [0.2, 0.25) is 0 Å². The molecule has 1 heterocycles. The summed E-state index contributed by atoms with van der Waals surface area (Å²) in [5.74, 6) is 0.112. The Labute approximate surface area is 112 Å². The van der Waals surface area contributed by atoms with Crippen LogP contribution in [0.1, 0.15) is 59.3 Å². The maximum absolute atomic E-state index is 11.7. The molecule has 1 saturated heterocycles. The molecule has 0 spiro atoms. The lowest BCUT2D eigenvalue weighted by Crippen LogP contribution is -2.32. The Morgan fingerprint density at radius 1 is 1.33 bits per heavy atom. The molecular formula is C15H29NO2. The summed E-state index contributed by atoms with van der Waals surface area (Å²) < 4.78 is 5.10. The first kappa shape index (κ1) is 15.5. The highest BCUT2D eigenvalue weighted by atomic mass is 16.5. The van der Waals surface area contributed by atoms with Gasteiger partial charge in [-0.2, -0.15) is 0 Å². The third kappa shape index (κ3) is 4.97. The number of hydrogen-bond acceptors (Lipinski definition) is 3. The van der Waals surface area contributed by atoms with Gasteiger partial charge in [0.15, 0.2) is 0 Å². The maximum atomic E-state index is 11.7. The smallest absolute Gasteiger partial charge is 0.310 e. The minimum atomic E-state index is -0.00168. The molecule has 0 saturated carbocycles. The van der Waals surface area contributed by atoms with Gasteiger partial charge in [0.1, 0.15) is 0 Å². The van der Waals surface area contributed by atoms with Crippen LogP contribution in [0.15, 0.2) is 0 Å². The average molecular weight is 255 g/mol. The van der Waals surface area contributed by atoms with Crippen LogP contribution in [0.25, 0.3) is 0 Å². The summed E-state index contributed by atoms with van der Waals surface area (Å²) in [5, 5.41) is 0. The summed E-state index contributed by atoms with van der Waals surface area (Å²) in [6.07, 6.45) is 7.53. The van der Waals surface area contributed by atoms with Crippen LogP contribution < -0.4 is 0 Å². The number of likely N-dealkylation sites (tertiary alicyclic amines) is 1. The van der Waals surface area contributed by atoms with Crippen LogP contribution in [0.2, 0.25) is 0 Å². The lowest BCUT2D eigenvalue weighted by atomic mass is 10.1. The molecule has 0 radical (unpaired) electrons. The van der Waals surface area contributed by atoms with E-state index < -0.39 is 0 Å². The predicted molar refractivity (Wildman–Crippen MR) is 74.5 cm³/mol. The predicted octanol–water partition coefficient (Wildman–Crippen LogP) is 3.23. The Morgan fingerprint density at radius 3 is 2.78 bits per heavy atom. The number of hydrogen-bond donors (Lipinski definition) is 0. The van der Waals surface area contributed by atoms with E-state index in [4.69, 9.17) is 4.74 Å². The fourth-order valence-corrected chi connectivity index (χ4v) is 2.69. The second kappa shape index (κ2) is 8.52. The van der Waals surface area contributed by atoms with Crippen molar-refractivity contribution in [2.75, 3.05) is 19.7 Å². The summed E-state index contributed by atoms with van der Waals surface area (Å²) in [6, 6.07) is 0.612. The molecule has 0 bridgehead atoms. The maximum Gasteiger partial charge on any atom is 0.310 e. The molecule has 2 atom stereocenters. The molecule has 2 unspecified atom stereocenters. The summed E-state index contributed by atoms with van der Waals surface area (Å²) in [6.45, 7) is 8.86. The van der Waals surface area contributed by atoms with Crippen molar-refractivity contribution in [1.29, 1.82) is 0 Å². The third-order valence-electron chi connectivity index (χ3n) is 3.94. The molecule has 0 N–H and O–H groups in total. The van der Waals surface area contributed by atoms with Crippen molar-refractivity contribution in [3.63, 3.8) is 0 Å². The summed E-state index contributed by atoms with van der Waals surface area (Å²) in [7, 11) is 0. The Kier molecular flexibility index (Phi) is 7.33. The van der Waals surface area contributed by atoms with E-state index in [2.05, 4.69) is 18.7 Å². The number of esters is 1. The van der Waals surface area contributed by atoms with Gasteiger partial charge >= 0.3 is 5.97 Å². The summed E-state index contributed by atoms with van der Waals surface area (Å²) in [4.78, 5) is 14.1. The number of carbonyl (C=O) groups is 1. The van der Waals surface area contributed by atoms with Crippen LogP contribution >= 0.6 is 0 Å². The summed E-state index contributed by atoms with van der Waals surface area (Å²) in [5.41, 5.74) is 0. The lowest BCUT2D eigenvalue weighted by molar-refractivity contribution is -0.147. The Balaban J connectivity index is 2.21. The van der Waals surface area contributed by atoms with Crippen LogP contribution in [0.3, 0.4) is 0 Å². The fourth-order valence-electron chi connectivity index (χ4n) is 2.69. The van der Waals surface area contributed by atoms with E-state index >= 15 is 0 Å². The number of carbonyl (C=O) groups excluding carboxylic acids is 1. The minimum Gasteiger partial charge on any atom is -0.466 e. The average Bonchev–Trinajstić information content (AvgIpc) is 2.84. The van der Waals surface area contributed by atoms with Gasteiger partial charge in [-0.25, -0.2) is 0 Å². The molecule has 1 aliphatic heterocycles. The minimum absolute atomic E-state index is 0.00168. The Hall–Kier alpha value is -0.570. The number of nitrogens with zero attached hydrogens (tertiary/aromatic N) is 1. The first-order valence-electron chi connectivity index (χ1n) is 7.59. The number of unbranched alkanes of at least 4 members (excludes halogenated alkanes) is 3. The zero-order chi connectivity index (χ0) is 13.4.